The molecule has 0 aliphatic carbocycles. The van der Waals surface area contributed by atoms with E-state index in [1.54, 1.807) is 11.8 Å². The van der Waals surface area contributed by atoms with Crippen LogP contribution in [0.2, 0.25) is 0 Å². The molecule has 100 valence electrons. The van der Waals surface area contributed by atoms with Crippen LogP contribution in [0.5, 0.6) is 0 Å². The Morgan fingerprint density at radius 2 is 2.22 bits per heavy atom. The fraction of sp³-hybridized carbons (Fsp3) is 0.400. The third kappa shape index (κ3) is 2.98. The number of sulfonamides is 1. The van der Waals surface area contributed by atoms with Crippen molar-refractivity contribution >= 4 is 43.4 Å². The van der Waals surface area contributed by atoms with Crippen LogP contribution in [0, 0.1) is 5.82 Å². The lowest BCUT2D eigenvalue weighted by Gasteiger charge is -2.13. The number of halogens is 2. The minimum Gasteiger partial charge on any atom is -0.398 e. The number of nitrogen functional groups attached to an aromatic ring is 1. The van der Waals surface area contributed by atoms with Crippen molar-refractivity contribution in [1.82, 2.24) is 4.72 Å². The molecule has 0 bridgehead atoms. The third-order valence-electron chi connectivity index (χ3n) is 2.59. The van der Waals surface area contributed by atoms with Gasteiger partial charge in [0, 0.05) is 22.0 Å². The maximum absolute atomic E-state index is 13.7. The Balaban J connectivity index is 2.31. The van der Waals surface area contributed by atoms with Crippen molar-refractivity contribution in [3.05, 3.63) is 22.4 Å². The Labute approximate surface area is 118 Å². The third-order valence-corrected chi connectivity index (χ3v) is 5.98. The number of nitrogens with two attached hydrogens (primary N) is 1. The molecule has 1 unspecified atom stereocenters. The first kappa shape index (κ1) is 14.1. The fourth-order valence-electron chi connectivity index (χ4n) is 1.66. The summed E-state index contributed by atoms with van der Waals surface area (Å²) in [5.74, 6) is 0.819. The standard InChI is InChI=1S/C10H12BrFN2O2S2/c11-7-3-8(12)10(4-9(7)13)18(15,16)14-6-1-2-17-5-6/h3-4,6,14H,1-2,5,13H2. The quantitative estimate of drug-likeness (QED) is 0.813. The minimum atomic E-state index is -3.85. The lowest BCUT2D eigenvalue weighted by molar-refractivity contribution is 0.544. The number of benzene rings is 1. The Morgan fingerprint density at radius 3 is 2.83 bits per heavy atom. The van der Waals surface area contributed by atoms with Crippen molar-refractivity contribution in [3.8, 4) is 0 Å². The van der Waals surface area contributed by atoms with Crippen molar-refractivity contribution in [2.24, 2.45) is 0 Å². The molecule has 8 heteroatoms. The Kier molecular flexibility index (Phi) is 4.20. The largest absolute Gasteiger partial charge is 0.398 e. The van der Waals surface area contributed by atoms with Crippen LogP contribution in [0.25, 0.3) is 0 Å². The van der Waals surface area contributed by atoms with Gasteiger partial charge in [-0.05, 0) is 40.2 Å². The molecule has 1 atom stereocenters. The highest BCUT2D eigenvalue weighted by Gasteiger charge is 2.26. The molecule has 1 aromatic rings. The zero-order valence-corrected chi connectivity index (χ0v) is 12.5. The molecule has 0 saturated carbocycles. The first-order valence-corrected chi connectivity index (χ1v) is 8.68. The maximum Gasteiger partial charge on any atom is 0.243 e. The van der Waals surface area contributed by atoms with Crippen LogP contribution in [0.1, 0.15) is 6.42 Å². The van der Waals surface area contributed by atoms with Crippen LogP contribution >= 0.6 is 27.7 Å². The van der Waals surface area contributed by atoms with E-state index in [1.807, 2.05) is 0 Å². The number of hydrogen-bond acceptors (Lipinski definition) is 4. The average molecular weight is 355 g/mol. The summed E-state index contributed by atoms with van der Waals surface area (Å²) in [6.07, 6.45) is 0.761. The Bertz CT molecular complexity index is 559. The number of rotatable bonds is 3. The Morgan fingerprint density at radius 1 is 1.50 bits per heavy atom. The van der Waals surface area contributed by atoms with E-state index >= 15 is 0 Å². The predicted octanol–water partition coefficient (Wildman–Crippen LogP) is 1.95. The van der Waals surface area contributed by atoms with E-state index in [-0.39, 0.29) is 11.7 Å². The van der Waals surface area contributed by atoms with Gasteiger partial charge in [0.15, 0.2) is 0 Å². The second kappa shape index (κ2) is 5.36. The van der Waals surface area contributed by atoms with Gasteiger partial charge in [-0.2, -0.15) is 11.8 Å². The number of nitrogens with one attached hydrogen (secondary N) is 1. The molecule has 4 nitrogen and oxygen atoms in total. The van der Waals surface area contributed by atoms with Crippen LogP contribution in [-0.2, 0) is 10.0 Å². The predicted molar refractivity (Wildman–Crippen MR) is 74.6 cm³/mol. The van der Waals surface area contributed by atoms with Crippen LogP contribution in [0.15, 0.2) is 21.5 Å². The second-order valence-corrected chi connectivity index (χ2v) is 7.67. The van der Waals surface area contributed by atoms with Gasteiger partial charge in [0.1, 0.15) is 10.7 Å². The molecule has 0 aromatic heterocycles. The molecule has 2 rings (SSSR count). The summed E-state index contributed by atoms with van der Waals surface area (Å²) in [7, 11) is -3.85. The highest BCUT2D eigenvalue weighted by Crippen LogP contribution is 2.27. The molecule has 1 aromatic carbocycles. The van der Waals surface area contributed by atoms with Crippen molar-refractivity contribution in [2.45, 2.75) is 17.4 Å². The summed E-state index contributed by atoms with van der Waals surface area (Å²) < 4.78 is 40.6. The first-order valence-electron chi connectivity index (χ1n) is 5.25. The van der Waals surface area contributed by atoms with Crippen LogP contribution in [0.3, 0.4) is 0 Å². The molecular formula is C10H12BrFN2O2S2. The first-order chi connectivity index (χ1) is 8.40. The number of hydrogen-bond donors (Lipinski definition) is 2. The fourth-order valence-corrected chi connectivity index (χ4v) is 4.60. The summed E-state index contributed by atoms with van der Waals surface area (Å²) in [6, 6.07) is 2.06. The molecule has 1 aliphatic heterocycles. The molecule has 1 fully saturated rings. The van der Waals surface area contributed by atoms with E-state index in [0.29, 0.717) is 10.2 Å². The van der Waals surface area contributed by atoms with E-state index in [1.165, 1.54) is 0 Å². The molecule has 1 heterocycles. The van der Waals surface area contributed by atoms with Crippen LogP contribution in [-0.4, -0.2) is 26.0 Å². The normalized spacial score (nSPS) is 20.2. The second-order valence-electron chi connectivity index (χ2n) is 3.99. The van der Waals surface area contributed by atoms with Gasteiger partial charge in [0.2, 0.25) is 10.0 Å². The number of thioether (sulfide) groups is 1. The summed E-state index contributed by atoms with van der Waals surface area (Å²) in [5, 5.41) is 0. The van der Waals surface area contributed by atoms with Crippen molar-refractivity contribution in [3.63, 3.8) is 0 Å². The highest BCUT2D eigenvalue weighted by molar-refractivity contribution is 9.10. The Hall–Kier alpha value is -0.310. The van der Waals surface area contributed by atoms with Gasteiger partial charge in [-0.15, -0.1) is 0 Å². The molecule has 1 aliphatic rings. The lowest BCUT2D eigenvalue weighted by Crippen LogP contribution is -2.35. The lowest BCUT2D eigenvalue weighted by atomic mass is 10.3. The topological polar surface area (TPSA) is 72.2 Å². The van der Waals surface area contributed by atoms with E-state index < -0.39 is 20.7 Å². The van der Waals surface area contributed by atoms with Crippen molar-refractivity contribution < 1.29 is 12.8 Å². The SMILES string of the molecule is Nc1cc(S(=O)(=O)NC2CCSC2)c(F)cc1Br. The van der Waals surface area contributed by atoms with Gasteiger partial charge < -0.3 is 5.73 Å². The summed E-state index contributed by atoms with van der Waals surface area (Å²) >= 11 is 4.73. The summed E-state index contributed by atoms with van der Waals surface area (Å²) in [5.41, 5.74) is 5.78. The van der Waals surface area contributed by atoms with Gasteiger partial charge in [0.25, 0.3) is 0 Å². The van der Waals surface area contributed by atoms with Crippen LogP contribution in [0.4, 0.5) is 10.1 Å². The summed E-state index contributed by atoms with van der Waals surface area (Å²) in [4.78, 5) is -0.403. The molecular weight excluding hydrogens is 343 g/mol. The van der Waals surface area contributed by atoms with Gasteiger partial charge in [-0.3, -0.25) is 0 Å². The van der Waals surface area contributed by atoms with E-state index in [2.05, 4.69) is 20.7 Å². The average Bonchev–Trinajstić information content (AvgIpc) is 2.75. The monoisotopic (exact) mass is 354 g/mol. The summed E-state index contributed by atoms with van der Waals surface area (Å²) in [6.45, 7) is 0. The number of anilines is 1. The zero-order chi connectivity index (χ0) is 13.3. The molecule has 0 radical (unpaired) electrons. The molecule has 1 saturated heterocycles. The molecule has 0 amide bonds. The van der Waals surface area contributed by atoms with Crippen molar-refractivity contribution in [1.29, 1.82) is 0 Å². The van der Waals surface area contributed by atoms with Gasteiger partial charge in [-0.25, -0.2) is 17.5 Å². The van der Waals surface area contributed by atoms with Gasteiger partial charge in [-0.1, -0.05) is 0 Å². The van der Waals surface area contributed by atoms with Gasteiger partial charge in [0.05, 0.1) is 0 Å². The van der Waals surface area contributed by atoms with E-state index in [9.17, 15) is 12.8 Å². The van der Waals surface area contributed by atoms with E-state index in [4.69, 9.17) is 5.73 Å². The highest BCUT2D eigenvalue weighted by atomic mass is 79.9. The minimum absolute atomic E-state index is 0.135. The van der Waals surface area contributed by atoms with Crippen molar-refractivity contribution in [2.75, 3.05) is 17.2 Å². The smallest absolute Gasteiger partial charge is 0.243 e. The zero-order valence-electron chi connectivity index (χ0n) is 9.32. The molecule has 3 N–H and O–H groups in total. The van der Waals surface area contributed by atoms with Gasteiger partial charge >= 0.3 is 0 Å². The molecule has 0 spiro atoms. The van der Waals surface area contributed by atoms with Crippen LogP contribution < -0.4 is 10.5 Å². The van der Waals surface area contributed by atoms with E-state index in [0.717, 1.165) is 24.3 Å². The maximum atomic E-state index is 13.7. The molecule has 18 heavy (non-hydrogen) atoms.